The van der Waals surface area contributed by atoms with Crippen molar-refractivity contribution >= 4 is 34.4 Å². The summed E-state index contributed by atoms with van der Waals surface area (Å²) in [5, 5.41) is -0.860. The maximum Gasteiger partial charge on any atom is 0.419 e. The van der Waals surface area contributed by atoms with E-state index >= 15 is 0 Å². The smallest absolute Gasteiger partial charge is 0.354 e. The number of thioether (sulfide) groups is 1. The monoisotopic (exact) mass is 310 g/mol. The molecule has 1 aliphatic rings. The number of pyridine rings is 1. The summed E-state index contributed by atoms with van der Waals surface area (Å²) < 4.78 is 38.8. The largest absolute Gasteiger partial charge is 0.419 e. The summed E-state index contributed by atoms with van der Waals surface area (Å²) in [5.41, 5.74) is -0.996. The lowest BCUT2D eigenvalue weighted by Crippen LogP contribution is -2.35. The molecule has 2 rings (SSSR count). The molecule has 3 nitrogen and oxygen atoms in total. The third-order valence-corrected chi connectivity index (χ3v) is 3.83. The SMILES string of the molecule is O=C(Cl)c1ccc(C(F)(F)F)c(N2CCSCC2)n1. The van der Waals surface area contributed by atoms with Crippen LogP contribution in [0.4, 0.5) is 19.0 Å². The lowest BCUT2D eigenvalue weighted by atomic mass is 10.2. The van der Waals surface area contributed by atoms with Crippen LogP contribution in [0.1, 0.15) is 16.1 Å². The first-order valence-corrected chi connectivity index (χ1v) is 7.03. The number of carbonyl (C=O) groups is 1. The standard InChI is InChI=1S/C11H10ClF3N2OS/c12-9(18)8-2-1-7(11(13,14)15)10(16-8)17-3-5-19-6-4-17/h1-2H,3-6H2. The molecular weight excluding hydrogens is 301 g/mol. The molecule has 0 unspecified atom stereocenters. The van der Waals surface area contributed by atoms with Crippen molar-refractivity contribution in [2.24, 2.45) is 0 Å². The predicted molar refractivity (Wildman–Crippen MR) is 69.0 cm³/mol. The molecule has 1 aliphatic heterocycles. The lowest BCUT2D eigenvalue weighted by Gasteiger charge is -2.29. The second kappa shape index (κ2) is 5.58. The first-order chi connectivity index (χ1) is 8.89. The Bertz CT molecular complexity index is 489. The average molecular weight is 311 g/mol. The summed E-state index contributed by atoms with van der Waals surface area (Å²) in [6.07, 6.45) is -4.50. The zero-order chi connectivity index (χ0) is 14.0. The molecule has 1 fully saturated rings. The van der Waals surface area contributed by atoms with Gasteiger partial charge in [-0.25, -0.2) is 4.98 Å². The van der Waals surface area contributed by atoms with Crippen molar-refractivity contribution in [1.29, 1.82) is 0 Å². The van der Waals surface area contributed by atoms with Gasteiger partial charge in [0, 0.05) is 24.6 Å². The molecule has 0 radical (unpaired) electrons. The minimum atomic E-state index is -4.50. The fourth-order valence-corrected chi connectivity index (χ4v) is 2.80. The van der Waals surface area contributed by atoms with Crippen LogP contribution in [-0.2, 0) is 6.18 Å². The van der Waals surface area contributed by atoms with Gasteiger partial charge in [-0.15, -0.1) is 0 Å². The number of nitrogens with zero attached hydrogens (tertiary/aromatic N) is 2. The molecule has 0 N–H and O–H groups in total. The number of hydrogen-bond acceptors (Lipinski definition) is 4. The molecule has 0 saturated carbocycles. The van der Waals surface area contributed by atoms with Gasteiger partial charge in [-0.1, -0.05) is 0 Å². The van der Waals surface area contributed by atoms with Crippen LogP contribution in [0.5, 0.6) is 0 Å². The van der Waals surface area contributed by atoms with Crippen molar-refractivity contribution in [2.75, 3.05) is 29.5 Å². The van der Waals surface area contributed by atoms with E-state index in [1.807, 2.05) is 0 Å². The van der Waals surface area contributed by atoms with Crippen molar-refractivity contribution in [2.45, 2.75) is 6.18 Å². The van der Waals surface area contributed by atoms with E-state index in [1.165, 1.54) is 0 Å². The molecule has 19 heavy (non-hydrogen) atoms. The van der Waals surface area contributed by atoms with E-state index in [1.54, 1.807) is 16.7 Å². The predicted octanol–water partition coefficient (Wildman–Crippen LogP) is 3.03. The van der Waals surface area contributed by atoms with Gasteiger partial charge in [-0.2, -0.15) is 24.9 Å². The van der Waals surface area contributed by atoms with Gasteiger partial charge in [0.05, 0.1) is 5.56 Å². The summed E-state index contributed by atoms with van der Waals surface area (Å²) in [5.74, 6) is 1.26. The number of anilines is 1. The molecular formula is C11H10ClF3N2OS. The Labute approximate surface area is 117 Å². The fourth-order valence-electron chi connectivity index (χ4n) is 1.80. The maximum absolute atomic E-state index is 12.9. The van der Waals surface area contributed by atoms with Gasteiger partial charge in [0.15, 0.2) is 0 Å². The molecule has 0 spiro atoms. The van der Waals surface area contributed by atoms with Crippen LogP contribution < -0.4 is 4.90 Å². The maximum atomic E-state index is 12.9. The third-order valence-electron chi connectivity index (χ3n) is 2.69. The topological polar surface area (TPSA) is 33.2 Å². The molecule has 0 aliphatic carbocycles. The van der Waals surface area contributed by atoms with Crippen LogP contribution in [-0.4, -0.2) is 34.8 Å². The van der Waals surface area contributed by atoms with Gasteiger partial charge in [0.25, 0.3) is 5.24 Å². The number of carbonyl (C=O) groups excluding carboxylic acids is 1. The van der Waals surface area contributed by atoms with E-state index in [0.29, 0.717) is 13.1 Å². The molecule has 0 bridgehead atoms. The van der Waals surface area contributed by atoms with Crippen LogP contribution in [0.25, 0.3) is 0 Å². The van der Waals surface area contributed by atoms with Gasteiger partial charge in [-0.3, -0.25) is 4.79 Å². The van der Waals surface area contributed by atoms with Gasteiger partial charge >= 0.3 is 6.18 Å². The number of alkyl halides is 3. The second-order valence-electron chi connectivity index (χ2n) is 3.94. The van der Waals surface area contributed by atoms with Crippen LogP contribution in [0.2, 0.25) is 0 Å². The first-order valence-electron chi connectivity index (χ1n) is 5.50. The Morgan fingerprint density at radius 1 is 1.32 bits per heavy atom. The number of halogens is 4. The molecule has 2 heterocycles. The van der Waals surface area contributed by atoms with Crippen molar-refractivity contribution in [3.63, 3.8) is 0 Å². The van der Waals surface area contributed by atoms with E-state index in [0.717, 1.165) is 23.6 Å². The summed E-state index contributed by atoms with van der Waals surface area (Å²) >= 11 is 6.95. The molecule has 104 valence electrons. The fraction of sp³-hybridized carbons (Fsp3) is 0.455. The Morgan fingerprint density at radius 3 is 2.47 bits per heavy atom. The van der Waals surface area contributed by atoms with Crippen molar-refractivity contribution in [1.82, 2.24) is 4.98 Å². The minimum Gasteiger partial charge on any atom is -0.354 e. The van der Waals surface area contributed by atoms with E-state index in [4.69, 9.17) is 11.6 Å². The van der Waals surface area contributed by atoms with Crippen LogP contribution in [0.15, 0.2) is 12.1 Å². The zero-order valence-corrected chi connectivity index (χ0v) is 11.3. The van der Waals surface area contributed by atoms with E-state index in [2.05, 4.69) is 4.98 Å². The zero-order valence-electron chi connectivity index (χ0n) is 9.71. The minimum absolute atomic E-state index is 0.164. The summed E-state index contributed by atoms with van der Waals surface area (Å²) in [6.45, 7) is 0.946. The van der Waals surface area contributed by atoms with Crippen LogP contribution >= 0.6 is 23.4 Å². The van der Waals surface area contributed by atoms with Gasteiger partial charge in [0.1, 0.15) is 11.5 Å². The van der Waals surface area contributed by atoms with Crippen molar-refractivity contribution < 1.29 is 18.0 Å². The number of hydrogen-bond donors (Lipinski definition) is 0. The number of aromatic nitrogens is 1. The molecule has 8 heteroatoms. The first kappa shape index (κ1) is 14.5. The quantitative estimate of drug-likeness (QED) is 0.786. The van der Waals surface area contributed by atoms with Gasteiger partial charge in [-0.05, 0) is 23.7 Å². The molecule has 0 aromatic carbocycles. The van der Waals surface area contributed by atoms with E-state index in [-0.39, 0.29) is 11.5 Å². The Morgan fingerprint density at radius 2 is 1.95 bits per heavy atom. The number of rotatable bonds is 2. The Hall–Kier alpha value is -0.950. The molecule has 1 saturated heterocycles. The average Bonchev–Trinajstić information content (AvgIpc) is 2.38. The molecule has 0 atom stereocenters. The summed E-state index contributed by atoms with van der Waals surface area (Å²) in [6, 6.07) is 1.86. The van der Waals surface area contributed by atoms with Crippen LogP contribution in [0.3, 0.4) is 0 Å². The second-order valence-corrected chi connectivity index (χ2v) is 5.51. The molecule has 1 aromatic heterocycles. The highest BCUT2D eigenvalue weighted by Gasteiger charge is 2.36. The highest BCUT2D eigenvalue weighted by Crippen LogP contribution is 2.36. The van der Waals surface area contributed by atoms with Gasteiger partial charge < -0.3 is 4.90 Å². The summed E-state index contributed by atoms with van der Waals surface area (Å²) in [4.78, 5) is 16.4. The lowest BCUT2D eigenvalue weighted by molar-refractivity contribution is -0.137. The van der Waals surface area contributed by atoms with E-state index < -0.39 is 17.0 Å². The Kier molecular flexibility index (Phi) is 4.25. The van der Waals surface area contributed by atoms with Gasteiger partial charge in [0.2, 0.25) is 0 Å². The molecule has 1 aromatic rings. The van der Waals surface area contributed by atoms with Crippen molar-refractivity contribution in [3.05, 3.63) is 23.4 Å². The van der Waals surface area contributed by atoms with Crippen molar-refractivity contribution in [3.8, 4) is 0 Å². The Balaban J connectivity index is 2.46. The summed E-state index contributed by atoms with van der Waals surface area (Å²) in [7, 11) is 0. The van der Waals surface area contributed by atoms with Crippen LogP contribution in [0, 0.1) is 0 Å². The third kappa shape index (κ3) is 3.33. The van der Waals surface area contributed by atoms with E-state index in [9.17, 15) is 18.0 Å². The highest BCUT2D eigenvalue weighted by atomic mass is 35.5. The molecule has 0 amide bonds. The normalized spacial score (nSPS) is 16.5. The highest BCUT2D eigenvalue weighted by molar-refractivity contribution is 7.99.